The summed E-state index contributed by atoms with van der Waals surface area (Å²) < 4.78 is 28.7. The number of carbonyl (C=O) groups excluding carboxylic acids is 4. The predicted molar refractivity (Wildman–Crippen MR) is 100 cm³/mol. The molecular weight excluding hydrogens is 412 g/mol. The van der Waals surface area contributed by atoms with Crippen molar-refractivity contribution < 1.29 is 48.0 Å². The smallest absolute Gasteiger partial charge is 0.303 e. The number of hydrogen-bond acceptors (Lipinski definition) is 10. The summed E-state index contributed by atoms with van der Waals surface area (Å²) in [6, 6.07) is 0. The van der Waals surface area contributed by atoms with Crippen molar-refractivity contribution in [2.45, 2.75) is 70.7 Å². The van der Waals surface area contributed by atoms with Gasteiger partial charge in [-0.2, -0.15) is 0 Å². The zero-order valence-corrected chi connectivity index (χ0v) is 18.0. The summed E-state index contributed by atoms with van der Waals surface area (Å²) in [4.78, 5) is 48.6. The lowest BCUT2D eigenvalue weighted by Crippen LogP contribution is -2.72. The van der Waals surface area contributed by atoms with Crippen LogP contribution in [0.1, 0.15) is 34.6 Å². The van der Waals surface area contributed by atoms with E-state index >= 15 is 0 Å². The van der Waals surface area contributed by atoms with Gasteiger partial charge >= 0.3 is 17.9 Å². The predicted octanol–water partition coefficient (Wildman–Crippen LogP) is -0.154. The third kappa shape index (κ3) is 2.68. The van der Waals surface area contributed by atoms with E-state index in [4.69, 9.17) is 23.7 Å². The molecule has 0 aromatic carbocycles. The minimum absolute atomic E-state index is 0.168. The number of ketones is 1. The molecule has 2 aliphatic heterocycles. The van der Waals surface area contributed by atoms with Crippen LogP contribution in [0.5, 0.6) is 0 Å². The number of Topliss-reactive ketones (excluding diaryl/α,β-unsaturated/α-hetero) is 1. The summed E-state index contributed by atoms with van der Waals surface area (Å²) in [5.74, 6) is -2.43. The van der Waals surface area contributed by atoms with Crippen LogP contribution in [0.2, 0.25) is 0 Å². The molecule has 3 unspecified atom stereocenters. The van der Waals surface area contributed by atoms with Crippen LogP contribution in [0.3, 0.4) is 0 Å². The average molecular weight is 438 g/mol. The third-order valence-electron chi connectivity index (χ3n) is 7.36. The van der Waals surface area contributed by atoms with Crippen molar-refractivity contribution in [2.75, 3.05) is 13.2 Å². The first-order chi connectivity index (χ1) is 14.4. The number of epoxide rings is 1. The van der Waals surface area contributed by atoms with Crippen LogP contribution < -0.4 is 0 Å². The highest BCUT2D eigenvalue weighted by Crippen LogP contribution is 2.72. The highest BCUT2D eigenvalue weighted by atomic mass is 16.7. The van der Waals surface area contributed by atoms with Crippen molar-refractivity contribution in [2.24, 2.45) is 10.8 Å². The molecule has 0 aromatic rings. The Morgan fingerprint density at radius 3 is 2.29 bits per heavy atom. The number of aliphatic hydroxyl groups is 1. The normalized spacial score (nSPS) is 44.9. The summed E-state index contributed by atoms with van der Waals surface area (Å²) >= 11 is 0. The molecule has 2 heterocycles. The van der Waals surface area contributed by atoms with E-state index in [1.807, 2.05) is 0 Å². The van der Waals surface area contributed by atoms with E-state index in [0.717, 1.165) is 0 Å². The van der Waals surface area contributed by atoms with Crippen LogP contribution in [-0.4, -0.2) is 78.1 Å². The fourth-order valence-electron chi connectivity index (χ4n) is 5.85. The molecule has 3 fully saturated rings. The highest BCUT2D eigenvalue weighted by molar-refractivity contribution is 6.00. The fourth-order valence-corrected chi connectivity index (χ4v) is 5.85. The Balaban J connectivity index is 1.96. The Kier molecular flexibility index (Phi) is 4.84. The zero-order valence-electron chi connectivity index (χ0n) is 18.0. The van der Waals surface area contributed by atoms with Gasteiger partial charge in [0.15, 0.2) is 18.0 Å². The topological polar surface area (TPSA) is 138 Å². The summed E-state index contributed by atoms with van der Waals surface area (Å²) in [6.07, 6.45) is -3.92. The van der Waals surface area contributed by atoms with Crippen molar-refractivity contribution in [3.63, 3.8) is 0 Å². The lowest BCUT2D eigenvalue weighted by molar-refractivity contribution is -0.257. The van der Waals surface area contributed by atoms with E-state index in [1.54, 1.807) is 19.9 Å². The van der Waals surface area contributed by atoms with E-state index in [9.17, 15) is 24.3 Å². The second-order valence-electron chi connectivity index (χ2n) is 8.90. The van der Waals surface area contributed by atoms with E-state index in [0.29, 0.717) is 5.57 Å². The van der Waals surface area contributed by atoms with Crippen molar-refractivity contribution >= 4 is 23.7 Å². The molecule has 4 rings (SSSR count). The zero-order chi connectivity index (χ0) is 22.9. The number of carbonyl (C=O) groups is 4. The molecule has 0 radical (unpaired) electrons. The van der Waals surface area contributed by atoms with Crippen molar-refractivity contribution in [1.82, 2.24) is 0 Å². The molecule has 2 bridgehead atoms. The van der Waals surface area contributed by atoms with Gasteiger partial charge in [0.2, 0.25) is 0 Å². The molecule has 10 nitrogen and oxygen atoms in total. The van der Waals surface area contributed by atoms with Gasteiger partial charge in [-0.3, -0.25) is 19.2 Å². The minimum atomic E-state index is -1.64. The quantitative estimate of drug-likeness (QED) is 0.358. The summed E-state index contributed by atoms with van der Waals surface area (Å²) in [5.41, 5.74) is -3.65. The highest BCUT2D eigenvalue weighted by Gasteiger charge is 2.88. The maximum absolute atomic E-state index is 12.9. The second kappa shape index (κ2) is 6.85. The van der Waals surface area contributed by atoms with Crippen LogP contribution in [-0.2, 0) is 42.9 Å². The number of ether oxygens (including phenoxy) is 5. The van der Waals surface area contributed by atoms with Crippen LogP contribution in [0.4, 0.5) is 0 Å². The molecule has 2 saturated heterocycles. The molecule has 1 spiro atoms. The van der Waals surface area contributed by atoms with Crippen molar-refractivity contribution in [3.8, 4) is 0 Å². The van der Waals surface area contributed by atoms with E-state index < -0.39 is 70.6 Å². The van der Waals surface area contributed by atoms with Gasteiger partial charge in [-0.15, -0.1) is 0 Å². The Bertz CT molecular complexity index is 889. The lowest BCUT2D eigenvalue weighted by Gasteiger charge is -2.58. The standard InChI is InChI=1S/C21H26O10/c1-9-6-13-20(7-27-10(2)22,16(26)14(9)25)19(5)17(30-12(4)24)15(29-11(3)23)18(31-13)21(19)8-28-21/h6,13,15-18,26H,7-8H2,1-5H3/t13?,15-,16-,17-,18?,19-,20-,21?/m1/s1. The first-order valence-corrected chi connectivity index (χ1v) is 10.1. The maximum atomic E-state index is 12.9. The molecular formula is C21H26O10. The third-order valence-corrected chi connectivity index (χ3v) is 7.36. The molecule has 1 saturated carbocycles. The van der Waals surface area contributed by atoms with Gasteiger partial charge in [0.25, 0.3) is 0 Å². The Hall–Kier alpha value is -2.30. The molecule has 1 N–H and O–H groups in total. The average Bonchev–Trinajstić information content (AvgIpc) is 3.45. The molecule has 170 valence electrons. The Morgan fingerprint density at radius 2 is 1.77 bits per heavy atom. The van der Waals surface area contributed by atoms with Crippen LogP contribution in [0.25, 0.3) is 0 Å². The molecule has 8 atom stereocenters. The van der Waals surface area contributed by atoms with E-state index in [-0.39, 0.29) is 13.2 Å². The van der Waals surface area contributed by atoms with Gasteiger partial charge in [-0.25, -0.2) is 0 Å². The van der Waals surface area contributed by atoms with Crippen molar-refractivity contribution in [1.29, 1.82) is 0 Å². The van der Waals surface area contributed by atoms with Gasteiger partial charge < -0.3 is 28.8 Å². The van der Waals surface area contributed by atoms with Gasteiger partial charge in [0, 0.05) is 20.8 Å². The van der Waals surface area contributed by atoms with Crippen molar-refractivity contribution in [3.05, 3.63) is 11.6 Å². The minimum Gasteiger partial charge on any atom is -0.465 e. The molecule has 2 aliphatic carbocycles. The first-order valence-electron chi connectivity index (χ1n) is 10.1. The maximum Gasteiger partial charge on any atom is 0.303 e. The number of fused-ring (bicyclic) bond motifs is 2. The van der Waals surface area contributed by atoms with Gasteiger partial charge in [-0.05, 0) is 18.6 Å². The second-order valence-corrected chi connectivity index (χ2v) is 8.90. The Morgan fingerprint density at radius 1 is 1.16 bits per heavy atom. The number of rotatable bonds is 4. The van der Waals surface area contributed by atoms with Gasteiger partial charge in [-0.1, -0.05) is 6.92 Å². The molecule has 10 heteroatoms. The number of esters is 3. The van der Waals surface area contributed by atoms with Gasteiger partial charge in [0.05, 0.1) is 23.5 Å². The summed E-state index contributed by atoms with van der Waals surface area (Å²) in [7, 11) is 0. The van der Waals surface area contributed by atoms with Gasteiger partial charge in [0.1, 0.15) is 24.4 Å². The van der Waals surface area contributed by atoms with E-state index in [1.165, 1.54) is 20.8 Å². The van der Waals surface area contributed by atoms with Crippen LogP contribution >= 0.6 is 0 Å². The summed E-state index contributed by atoms with van der Waals surface area (Å²) in [5, 5.41) is 11.3. The molecule has 4 aliphatic rings. The SMILES string of the molecule is CC(=O)OC[C@@]12C(C=C(C)C(=O)[C@H]1O)OC1[C@H](OC(C)=O)[C@@H](OC(C)=O)[C@@]2(C)C12CO2. The fraction of sp³-hybridized carbons (Fsp3) is 0.714. The van der Waals surface area contributed by atoms with Crippen LogP contribution in [0, 0.1) is 10.8 Å². The molecule has 31 heavy (non-hydrogen) atoms. The number of aliphatic hydroxyl groups excluding tert-OH is 1. The Labute approximate surface area is 178 Å². The van der Waals surface area contributed by atoms with E-state index in [2.05, 4.69) is 0 Å². The number of hydrogen-bond donors (Lipinski definition) is 1. The largest absolute Gasteiger partial charge is 0.465 e. The molecule has 0 aromatic heterocycles. The summed E-state index contributed by atoms with van der Waals surface area (Å²) in [6.45, 7) is 6.68. The molecule has 0 amide bonds. The monoisotopic (exact) mass is 438 g/mol. The van der Waals surface area contributed by atoms with Crippen LogP contribution in [0.15, 0.2) is 11.6 Å². The first kappa shape index (κ1) is 21.9. The lowest BCUT2D eigenvalue weighted by atomic mass is 9.50.